The second-order valence-electron chi connectivity index (χ2n) is 9.30. The lowest BCUT2D eigenvalue weighted by Gasteiger charge is -2.41. The van der Waals surface area contributed by atoms with E-state index >= 15 is 4.39 Å². The summed E-state index contributed by atoms with van der Waals surface area (Å²) in [4.78, 5) is 15.8. The fourth-order valence-corrected chi connectivity index (χ4v) is 7.46. The van der Waals surface area contributed by atoms with Crippen molar-refractivity contribution in [3.05, 3.63) is 65.5 Å². The van der Waals surface area contributed by atoms with Crippen LogP contribution in [0.4, 0.5) is 10.1 Å². The molecule has 3 unspecified atom stereocenters. The molecule has 2 saturated heterocycles. The Morgan fingerprint density at radius 1 is 1.17 bits per heavy atom. The maximum Gasteiger partial charge on any atom is 0.237 e. The van der Waals surface area contributed by atoms with Crippen molar-refractivity contribution in [1.29, 1.82) is 5.26 Å². The van der Waals surface area contributed by atoms with E-state index in [0.717, 1.165) is 12.0 Å². The molecule has 0 saturated carbocycles. The van der Waals surface area contributed by atoms with Crippen LogP contribution < -0.4 is 4.90 Å². The van der Waals surface area contributed by atoms with Crippen molar-refractivity contribution in [2.75, 3.05) is 31.1 Å². The molecule has 9 heteroatoms. The molecule has 0 N–H and O–H groups in total. The van der Waals surface area contributed by atoms with Gasteiger partial charge in [0.15, 0.2) is 0 Å². The summed E-state index contributed by atoms with van der Waals surface area (Å²) in [6.45, 7) is 5.56. The Labute approximate surface area is 206 Å². The van der Waals surface area contributed by atoms with Crippen LogP contribution in [0.2, 0.25) is 0 Å². The van der Waals surface area contributed by atoms with E-state index in [1.54, 1.807) is 17.9 Å². The van der Waals surface area contributed by atoms with Crippen molar-refractivity contribution in [3.8, 4) is 6.07 Å². The Kier molecular flexibility index (Phi) is 7.43. The average molecular weight is 499 g/mol. The number of carbonyl (C=O) groups excluding carboxylic acids is 1. The number of carbonyl (C=O) groups is 1. The predicted molar refractivity (Wildman–Crippen MR) is 132 cm³/mol. The van der Waals surface area contributed by atoms with Crippen molar-refractivity contribution in [1.82, 2.24) is 9.21 Å². The van der Waals surface area contributed by atoms with Crippen LogP contribution in [-0.4, -0.2) is 55.8 Å². The Morgan fingerprint density at radius 3 is 2.57 bits per heavy atom. The molecule has 2 fully saturated rings. The first-order valence-corrected chi connectivity index (χ1v) is 13.5. The first kappa shape index (κ1) is 25.1. The van der Waals surface area contributed by atoms with E-state index in [4.69, 9.17) is 5.26 Å². The second-order valence-corrected chi connectivity index (χ2v) is 11.4. The van der Waals surface area contributed by atoms with Gasteiger partial charge in [0, 0.05) is 49.5 Å². The summed E-state index contributed by atoms with van der Waals surface area (Å²) in [6.07, 6.45) is 1.13. The molecule has 4 rings (SSSR count). The summed E-state index contributed by atoms with van der Waals surface area (Å²) in [6, 6.07) is 15.3. The Balaban J connectivity index is 1.51. The van der Waals surface area contributed by atoms with E-state index in [2.05, 4.69) is 0 Å². The van der Waals surface area contributed by atoms with E-state index in [1.165, 1.54) is 10.4 Å². The monoisotopic (exact) mass is 498 g/mol. The molecule has 7 nitrogen and oxygen atoms in total. The first-order chi connectivity index (χ1) is 16.7. The highest BCUT2D eigenvalue weighted by Gasteiger charge is 2.40. The number of nitriles is 1. The van der Waals surface area contributed by atoms with Crippen LogP contribution in [0.3, 0.4) is 0 Å². The van der Waals surface area contributed by atoms with E-state index in [1.807, 2.05) is 54.3 Å². The maximum absolute atomic E-state index is 15.3. The smallest absolute Gasteiger partial charge is 0.237 e. The zero-order chi connectivity index (χ0) is 25.2. The molecule has 0 aromatic heterocycles. The van der Waals surface area contributed by atoms with E-state index < -0.39 is 27.1 Å². The van der Waals surface area contributed by atoms with Crippen molar-refractivity contribution in [2.24, 2.45) is 0 Å². The van der Waals surface area contributed by atoms with Crippen LogP contribution in [0.25, 0.3) is 0 Å². The largest absolute Gasteiger partial charge is 0.368 e. The van der Waals surface area contributed by atoms with Gasteiger partial charge in [-0.15, -0.1) is 0 Å². The summed E-state index contributed by atoms with van der Waals surface area (Å²) in [7, 11) is -3.64. The fourth-order valence-electron chi connectivity index (χ4n) is 5.23. The lowest BCUT2D eigenvalue weighted by atomic mass is 10.0. The molecule has 0 radical (unpaired) electrons. The highest BCUT2D eigenvalue weighted by Crippen LogP contribution is 2.39. The average Bonchev–Trinajstić information content (AvgIpc) is 2.83. The number of piperazine rings is 1. The number of hydrogen-bond donors (Lipinski definition) is 0. The van der Waals surface area contributed by atoms with Gasteiger partial charge in [0.1, 0.15) is 17.5 Å². The number of sulfonamides is 1. The minimum Gasteiger partial charge on any atom is -0.368 e. The predicted octanol–water partition coefficient (Wildman–Crippen LogP) is 4.00. The molecular weight excluding hydrogens is 467 g/mol. The topological polar surface area (TPSA) is 84.7 Å². The normalized spacial score (nSPS) is 23.5. The Morgan fingerprint density at radius 2 is 1.91 bits per heavy atom. The molecule has 0 spiro atoms. The van der Waals surface area contributed by atoms with Gasteiger partial charge in [-0.2, -0.15) is 9.57 Å². The molecule has 186 valence electrons. The van der Waals surface area contributed by atoms with Gasteiger partial charge < -0.3 is 9.80 Å². The molecule has 35 heavy (non-hydrogen) atoms. The molecule has 2 aliphatic rings. The minimum absolute atomic E-state index is 0.0975. The number of benzene rings is 2. The zero-order valence-electron chi connectivity index (χ0n) is 20.1. The van der Waals surface area contributed by atoms with E-state index in [-0.39, 0.29) is 18.4 Å². The van der Waals surface area contributed by atoms with E-state index in [0.29, 0.717) is 43.9 Å². The SMILES string of the molecule is CC1CN(c2ccc(C(C)N3CCCC(c4ccccc4)S3(=O)=O)c(F)c2)CCN1C(=O)CC#N. The Hall–Kier alpha value is -2.96. The minimum atomic E-state index is -3.64. The molecule has 1 amide bonds. The standard InChI is InChI=1S/C26H31FN4O3S/c1-19-18-29(15-16-30(19)26(32)12-13-28)22-10-11-23(24(27)17-22)20(2)31-14-6-9-25(35(31,33)34)21-7-4-3-5-8-21/h3-5,7-8,10-11,17,19-20,25H,6,9,12,14-16,18H2,1-2H3. The molecule has 2 aliphatic heterocycles. The number of rotatable bonds is 5. The lowest BCUT2D eigenvalue weighted by molar-refractivity contribution is -0.132. The van der Waals surface area contributed by atoms with Gasteiger partial charge in [0.2, 0.25) is 15.9 Å². The van der Waals surface area contributed by atoms with Gasteiger partial charge in [-0.3, -0.25) is 4.79 Å². The molecule has 3 atom stereocenters. The number of halogens is 1. The zero-order valence-corrected chi connectivity index (χ0v) is 20.9. The third-order valence-corrected chi connectivity index (χ3v) is 9.49. The van der Waals surface area contributed by atoms with Crippen molar-refractivity contribution >= 4 is 21.6 Å². The van der Waals surface area contributed by atoms with Crippen LogP contribution >= 0.6 is 0 Å². The van der Waals surface area contributed by atoms with Crippen LogP contribution in [0.15, 0.2) is 48.5 Å². The van der Waals surface area contributed by atoms with Crippen LogP contribution in [0.1, 0.15) is 55.5 Å². The number of hydrogen-bond acceptors (Lipinski definition) is 5. The molecule has 2 aromatic carbocycles. The summed E-state index contributed by atoms with van der Waals surface area (Å²) >= 11 is 0. The molecule has 2 heterocycles. The maximum atomic E-state index is 15.3. The highest BCUT2D eigenvalue weighted by molar-refractivity contribution is 7.89. The van der Waals surface area contributed by atoms with Crippen molar-refractivity contribution < 1.29 is 17.6 Å². The van der Waals surface area contributed by atoms with Gasteiger partial charge in [-0.05, 0) is 44.4 Å². The van der Waals surface area contributed by atoms with Crippen LogP contribution in [0.5, 0.6) is 0 Å². The molecule has 2 aromatic rings. The van der Waals surface area contributed by atoms with E-state index in [9.17, 15) is 13.2 Å². The second kappa shape index (κ2) is 10.3. The summed E-state index contributed by atoms with van der Waals surface area (Å²) in [5, 5.41) is 8.17. The molecule has 0 aliphatic carbocycles. The fraction of sp³-hybridized carbons (Fsp3) is 0.462. The van der Waals surface area contributed by atoms with Gasteiger partial charge >= 0.3 is 0 Å². The number of anilines is 1. The quantitative estimate of drug-likeness (QED) is 0.622. The highest BCUT2D eigenvalue weighted by atomic mass is 32.2. The third-order valence-electron chi connectivity index (χ3n) is 7.11. The van der Waals surface area contributed by atoms with Gasteiger partial charge in [0.05, 0.1) is 6.07 Å². The Bertz CT molecular complexity index is 1210. The van der Waals surface area contributed by atoms with Crippen molar-refractivity contribution in [3.63, 3.8) is 0 Å². The lowest BCUT2D eigenvalue weighted by Crippen LogP contribution is -2.54. The number of amides is 1. The summed E-state index contributed by atoms with van der Waals surface area (Å²) in [5.74, 6) is -0.630. The molecular formula is C26H31FN4O3S. The number of nitrogens with zero attached hydrogens (tertiary/aromatic N) is 4. The van der Waals surface area contributed by atoms with Gasteiger partial charge in [-0.1, -0.05) is 36.4 Å². The van der Waals surface area contributed by atoms with Crippen molar-refractivity contribution in [2.45, 2.75) is 50.4 Å². The van der Waals surface area contributed by atoms with Crippen LogP contribution in [-0.2, 0) is 14.8 Å². The van der Waals surface area contributed by atoms with Crippen LogP contribution in [0, 0.1) is 17.1 Å². The third kappa shape index (κ3) is 5.04. The summed E-state index contributed by atoms with van der Waals surface area (Å²) in [5.41, 5.74) is 1.81. The van der Waals surface area contributed by atoms with Gasteiger partial charge in [0.25, 0.3) is 0 Å². The van der Waals surface area contributed by atoms with Gasteiger partial charge in [-0.25, -0.2) is 12.8 Å². The molecule has 0 bridgehead atoms. The first-order valence-electron chi connectivity index (χ1n) is 12.0. The summed E-state index contributed by atoms with van der Waals surface area (Å²) < 4.78 is 43.7.